The average Bonchev–Trinajstić information content (AvgIpc) is 2.79. The first-order valence-electron chi connectivity index (χ1n) is 7.46. The maximum Gasteiger partial charge on any atom is 0.332 e. The Hall–Kier alpha value is -3.17. The lowest BCUT2D eigenvalue weighted by molar-refractivity contribution is -0.711. The van der Waals surface area contributed by atoms with E-state index in [0.29, 0.717) is 0 Å². The van der Waals surface area contributed by atoms with Crippen molar-refractivity contribution in [1.82, 2.24) is 9.91 Å². The van der Waals surface area contributed by atoms with E-state index < -0.39 is 30.6 Å². The van der Waals surface area contributed by atoms with Crippen LogP contribution in [-0.2, 0) is 9.63 Å². The number of likely N-dealkylation sites (N-methyl/N-ethyl adjacent to an activating group) is 1. The summed E-state index contributed by atoms with van der Waals surface area (Å²) in [6.07, 6.45) is 0. The molecule has 1 N–H and O–H groups in total. The molecule has 2 amide bonds. The summed E-state index contributed by atoms with van der Waals surface area (Å²) >= 11 is 0. The highest BCUT2D eigenvalue weighted by Crippen LogP contribution is 2.22. The number of aliphatic carboxylic acids is 1. The Morgan fingerprint density at radius 1 is 1.32 bits per heavy atom. The van der Waals surface area contributed by atoms with Crippen LogP contribution in [0.5, 0.6) is 0 Å². The molecular formula is C15H18N4O6. The number of carboxylic acid groups (broad SMARTS) is 1. The van der Waals surface area contributed by atoms with E-state index in [-0.39, 0.29) is 22.0 Å². The molecular weight excluding hydrogens is 332 g/mol. The topological polar surface area (TPSA) is 126 Å². The van der Waals surface area contributed by atoms with Gasteiger partial charge in [-0.15, -0.1) is 5.01 Å². The summed E-state index contributed by atoms with van der Waals surface area (Å²) in [7, 11) is 1.25. The van der Waals surface area contributed by atoms with Crippen LogP contribution >= 0.6 is 0 Å². The average molecular weight is 350 g/mol. The quantitative estimate of drug-likeness (QED) is 0.337. The molecule has 0 saturated carbocycles. The van der Waals surface area contributed by atoms with E-state index in [4.69, 9.17) is 9.94 Å². The van der Waals surface area contributed by atoms with E-state index in [2.05, 4.69) is 5.28 Å². The van der Waals surface area contributed by atoms with E-state index in [1.165, 1.54) is 19.2 Å². The predicted octanol–water partition coefficient (Wildman–Crippen LogP) is 1.09. The van der Waals surface area contributed by atoms with Gasteiger partial charge in [-0.2, -0.15) is 0 Å². The van der Waals surface area contributed by atoms with E-state index in [0.717, 1.165) is 9.91 Å². The van der Waals surface area contributed by atoms with Crippen LogP contribution in [0.1, 0.15) is 34.6 Å². The lowest BCUT2D eigenvalue weighted by atomic mass is 10.1. The second-order valence-electron chi connectivity index (χ2n) is 5.78. The molecule has 1 aliphatic heterocycles. The van der Waals surface area contributed by atoms with Gasteiger partial charge in [0.05, 0.1) is 23.1 Å². The van der Waals surface area contributed by atoms with Crippen LogP contribution in [0.2, 0.25) is 0 Å². The molecule has 0 bridgehead atoms. The number of carbonyl (C=O) groups excluding carboxylic acids is 2. The zero-order valence-electron chi connectivity index (χ0n) is 13.9. The van der Waals surface area contributed by atoms with Gasteiger partial charge in [0.25, 0.3) is 11.8 Å². The van der Waals surface area contributed by atoms with Gasteiger partial charge in [-0.05, 0) is 18.1 Å². The van der Waals surface area contributed by atoms with Gasteiger partial charge in [-0.3, -0.25) is 9.59 Å². The number of fused-ring (bicyclic) bond motifs is 1. The van der Waals surface area contributed by atoms with Crippen LogP contribution in [0.15, 0.2) is 29.5 Å². The minimum absolute atomic E-state index is 0.0308. The first-order valence-corrected chi connectivity index (χ1v) is 7.46. The van der Waals surface area contributed by atoms with Gasteiger partial charge < -0.3 is 15.2 Å². The van der Waals surface area contributed by atoms with Crippen LogP contribution in [0, 0.1) is 11.1 Å². The van der Waals surface area contributed by atoms with E-state index in [1.54, 1.807) is 26.0 Å². The summed E-state index contributed by atoms with van der Waals surface area (Å²) in [5, 5.41) is 25.0. The Labute approximate surface area is 143 Å². The smallest absolute Gasteiger partial charge is 0.332 e. The maximum absolute atomic E-state index is 12.1. The van der Waals surface area contributed by atoms with Crippen molar-refractivity contribution in [3.8, 4) is 0 Å². The van der Waals surface area contributed by atoms with E-state index in [9.17, 15) is 19.6 Å². The standard InChI is InChI=1S/C15H18N4O6/c1-9(2)12(15(22)23)17(3)19(24)16-25-8-18-13(20)10-6-4-5-7-11(10)14(18)21/h4-7,9,12H,8H2,1-3H3,(H,22,23)/b19-16-/t12-/m0/s1. The third-order valence-electron chi connectivity index (χ3n) is 3.75. The van der Waals surface area contributed by atoms with Crippen LogP contribution in [-0.4, -0.2) is 57.6 Å². The second kappa shape index (κ2) is 7.16. The van der Waals surface area contributed by atoms with Crippen LogP contribution < -0.4 is 0 Å². The zero-order chi connectivity index (χ0) is 18.7. The number of carboxylic acids is 1. The second-order valence-corrected chi connectivity index (χ2v) is 5.78. The summed E-state index contributed by atoms with van der Waals surface area (Å²) < 4.78 is 0. The molecule has 1 aromatic carbocycles. The fourth-order valence-electron chi connectivity index (χ4n) is 2.53. The lowest BCUT2D eigenvalue weighted by Crippen LogP contribution is -2.45. The molecule has 10 heteroatoms. The minimum Gasteiger partial charge on any atom is -0.569 e. The normalized spacial score (nSPS) is 15.4. The van der Waals surface area contributed by atoms with Crippen LogP contribution in [0.4, 0.5) is 0 Å². The van der Waals surface area contributed by atoms with Crippen molar-refractivity contribution in [2.45, 2.75) is 19.9 Å². The lowest BCUT2D eigenvalue weighted by Gasteiger charge is -2.23. The maximum atomic E-state index is 12.1. The molecule has 1 heterocycles. The third-order valence-corrected chi connectivity index (χ3v) is 3.75. The van der Waals surface area contributed by atoms with Crippen LogP contribution in [0.25, 0.3) is 0 Å². The highest BCUT2D eigenvalue weighted by Gasteiger charge is 2.36. The van der Waals surface area contributed by atoms with Crippen molar-refractivity contribution in [3.05, 3.63) is 40.6 Å². The largest absolute Gasteiger partial charge is 0.569 e. The van der Waals surface area contributed by atoms with Crippen molar-refractivity contribution in [1.29, 1.82) is 0 Å². The Bertz CT molecular complexity index is 697. The molecule has 0 spiro atoms. The summed E-state index contributed by atoms with van der Waals surface area (Å²) in [6, 6.07) is 5.18. The van der Waals surface area contributed by atoms with Crippen LogP contribution in [0.3, 0.4) is 0 Å². The molecule has 1 aliphatic rings. The van der Waals surface area contributed by atoms with Crippen molar-refractivity contribution >= 4 is 17.8 Å². The van der Waals surface area contributed by atoms with Crippen molar-refractivity contribution in [2.75, 3.05) is 13.8 Å². The van der Waals surface area contributed by atoms with Crippen molar-refractivity contribution in [3.63, 3.8) is 0 Å². The molecule has 1 aromatic rings. The molecule has 1 atom stereocenters. The summed E-state index contributed by atoms with van der Waals surface area (Å²) in [6.45, 7) is 2.73. The van der Waals surface area contributed by atoms with Gasteiger partial charge in [0.2, 0.25) is 12.0 Å². The van der Waals surface area contributed by atoms with Crippen molar-refractivity contribution in [2.24, 2.45) is 11.2 Å². The Balaban J connectivity index is 2.02. The third kappa shape index (κ3) is 3.52. The van der Waals surface area contributed by atoms with E-state index in [1.807, 2.05) is 0 Å². The monoisotopic (exact) mass is 350 g/mol. The fraction of sp³-hybridized carbons (Fsp3) is 0.400. The first-order chi connectivity index (χ1) is 11.8. The first kappa shape index (κ1) is 18.2. The van der Waals surface area contributed by atoms with Gasteiger partial charge in [0, 0.05) is 0 Å². The number of hydrazine groups is 1. The molecule has 0 aromatic heterocycles. The number of benzene rings is 1. The predicted molar refractivity (Wildman–Crippen MR) is 83.0 cm³/mol. The number of amides is 2. The number of carbonyl (C=O) groups is 3. The van der Waals surface area contributed by atoms with Gasteiger partial charge >= 0.3 is 5.97 Å². The molecule has 0 radical (unpaired) electrons. The summed E-state index contributed by atoms with van der Waals surface area (Å²) in [5.41, 5.74) is 0.496. The zero-order valence-corrected chi connectivity index (χ0v) is 13.9. The van der Waals surface area contributed by atoms with Gasteiger partial charge in [-0.1, -0.05) is 26.0 Å². The van der Waals surface area contributed by atoms with Gasteiger partial charge in [-0.25, -0.2) is 9.69 Å². The van der Waals surface area contributed by atoms with E-state index >= 15 is 0 Å². The Morgan fingerprint density at radius 3 is 2.28 bits per heavy atom. The number of hydrogen-bond acceptors (Lipinski definition) is 6. The van der Waals surface area contributed by atoms with Gasteiger partial charge in [0.15, 0.2) is 6.04 Å². The van der Waals surface area contributed by atoms with Gasteiger partial charge in [0.1, 0.15) is 0 Å². The molecule has 25 heavy (non-hydrogen) atoms. The number of rotatable bonds is 7. The minimum atomic E-state index is -1.19. The fourth-order valence-corrected chi connectivity index (χ4v) is 2.53. The molecule has 134 valence electrons. The highest BCUT2D eigenvalue weighted by atomic mass is 16.7. The summed E-state index contributed by atoms with van der Waals surface area (Å²) in [4.78, 5) is 41.0. The molecule has 0 saturated heterocycles. The molecule has 2 rings (SSSR count). The number of imide groups is 1. The number of hydrogen-bond donors (Lipinski definition) is 1. The highest BCUT2D eigenvalue weighted by molar-refractivity contribution is 6.21. The Morgan fingerprint density at radius 2 is 1.84 bits per heavy atom. The molecule has 0 fully saturated rings. The SMILES string of the molecule is CC(C)[C@@H](C(=O)O)N(C)/[N+]([O-])=N/OCN1C(=O)c2ccccc2C1=O. The van der Waals surface area contributed by atoms with Crippen molar-refractivity contribution < 1.29 is 29.3 Å². The molecule has 0 aliphatic carbocycles. The molecule has 0 unspecified atom stereocenters. The Kier molecular flexibility index (Phi) is 5.20. The molecule has 10 nitrogen and oxygen atoms in total. The number of nitrogens with zero attached hydrogens (tertiary/aromatic N) is 4. The summed E-state index contributed by atoms with van der Waals surface area (Å²) in [5.74, 6) is -2.64.